The molecular formula is C22H12BrFO4. The van der Waals surface area contributed by atoms with E-state index >= 15 is 0 Å². The minimum absolute atomic E-state index is 0.0106. The standard InChI is InChI=1S/C22H12BrFO4/c23-15-7-5-13(6-8-15)22(26)27-16-9-10-17-19(12-16)28-20(21(17)25)11-14-3-1-2-4-18(14)24/h1-12H. The van der Waals surface area contributed by atoms with Gasteiger partial charge in [0.2, 0.25) is 5.78 Å². The predicted octanol–water partition coefficient (Wildman–Crippen LogP) is 5.42. The zero-order chi connectivity index (χ0) is 19.7. The summed E-state index contributed by atoms with van der Waals surface area (Å²) < 4.78 is 25.6. The second-order valence-corrected chi connectivity index (χ2v) is 6.93. The summed E-state index contributed by atoms with van der Waals surface area (Å²) in [5.41, 5.74) is 0.965. The molecule has 1 aliphatic heterocycles. The number of fused-ring (bicyclic) bond motifs is 1. The second-order valence-electron chi connectivity index (χ2n) is 6.02. The Bertz CT molecular complexity index is 1120. The highest BCUT2D eigenvalue weighted by Crippen LogP contribution is 2.35. The summed E-state index contributed by atoms with van der Waals surface area (Å²) in [5.74, 6) is -0.828. The van der Waals surface area contributed by atoms with Crippen molar-refractivity contribution in [3.63, 3.8) is 0 Å². The van der Waals surface area contributed by atoms with Crippen molar-refractivity contribution in [1.29, 1.82) is 0 Å². The van der Waals surface area contributed by atoms with Gasteiger partial charge in [-0.15, -0.1) is 0 Å². The van der Waals surface area contributed by atoms with Crippen LogP contribution in [0.4, 0.5) is 4.39 Å². The fourth-order valence-electron chi connectivity index (χ4n) is 2.72. The SMILES string of the molecule is O=C(Oc1ccc2c(c1)OC(=Cc1ccccc1F)C2=O)c1ccc(Br)cc1. The van der Waals surface area contributed by atoms with Crippen molar-refractivity contribution in [3.8, 4) is 11.5 Å². The topological polar surface area (TPSA) is 52.6 Å². The lowest BCUT2D eigenvalue weighted by molar-refractivity contribution is 0.0734. The van der Waals surface area contributed by atoms with Crippen molar-refractivity contribution >= 4 is 33.8 Å². The number of halogens is 2. The average molecular weight is 439 g/mol. The minimum atomic E-state index is -0.529. The van der Waals surface area contributed by atoms with E-state index in [0.717, 1.165) is 4.47 Å². The summed E-state index contributed by atoms with van der Waals surface area (Å²) in [4.78, 5) is 24.7. The van der Waals surface area contributed by atoms with Crippen LogP contribution in [0.3, 0.4) is 0 Å². The van der Waals surface area contributed by atoms with Crippen LogP contribution in [0.1, 0.15) is 26.3 Å². The Labute approximate surface area is 168 Å². The number of allylic oxidation sites excluding steroid dienone is 1. The fourth-order valence-corrected chi connectivity index (χ4v) is 2.98. The average Bonchev–Trinajstić information content (AvgIpc) is 2.99. The molecule has 0 unspecified atom stereocenters. The first-order valence-corrected chi connectivity index (χ1v) is 9.11. The lowest BCUT2D eigenvalue weighted by Gasteiger charge is -2.06. The number of benzene rings is 3. The Balaban J connectivity index is 1.56. The molecule has 0 fully saturated rings. The molecule has 0 saturated carbocycles. The van der Waals surface area contributed by atoms with Crippen molar-refractivity contribution < 1.29 is 23.5 Å². The molecule has 4 rings (SSSR count). The van der Waals surface area contributed by atoms with Gasteiger partial charge in [-0.25, -0.2) is 9.18 Å². The van der Waals surface area contributed by atoms with Crippen LogP contribution >= 0.6 is 15.9 Å². The zero-order valence-electron chi connectivity index (χ0n) is 14.3. The number of carbonyl (C=O) groups excluding carboxylic acids is 2. The number of hydrogen-bond acceptors (Lipinski definition) is 4. The summed E-state index contributed by atoms with van der Waals surface area (Å²) in [5, 5.41) is 0. The van der Waals surface area contributed by atoms with Crippen LogP contribution in [-0.2, 0) is 0 Å². The fraction of sp³-hybridized carbons (Fsp3) is 0. The third-order valence-electron chi connectivity index (χ3n) is 4.12. The Kier molecular flexibility index (Phi) is 4.79. The zero-order valence-corrected chi connectivity index (χ0v) is 15.9. The molecule has 1 aliphatic rings. The smallest absolute Gasteiger partial charge is 0.343 e. The van der Waals surface area contributed by atoms with Gasteiger partial charge in [0.15, 0.2) is 5.76 Å². The van der Waals surface area contributed by atoms with Crippen LogP contribution in [0.15, 0.2) is 77.0 Å². The van der Waals surface area contributed by atoms with Gasteiger partial charge < -0.3 is 9.47 Å². The molecule has 3 aromatic rings. The highest BCUT2D eigenvalue weighted by molar-refractivity contribution is 9.10. The number of esters is 1. The molecule has 6 heteroatoms. The van der Waals surface area contributed by atoms with E-state index < -0.39 is 11.8 Å². The van der Waals surface area contributed by atoms with Gasteiger partial charge >= 0.3 is 5.97 Å². The first kappa shape index (κ1) is 18.1. The first-order valence-electron chi connectivity index (χ1n) is 8.32. The molecule has 138 valence electrons. The summed E-state index contributed by atoms with van der Waals surface area (Å²) in [7, 11) is 0. The largest absolute Gasteiger partial charge is 0.452 e. The van der Waals surface area contributed by atoms with Crippen molar-refractivity contribution in [3.05, 3.63) is 99.5 Å². The van der Waals surface area contributed by atoms with E-state index in [9.17, 15) is 14.0 Å². The molecule has 28 heavy (non-hydrogen) atoms. The highest BCUT2D eigenvalue weighted by atomic mass is 79.9. The van der Waals surface area contributed by atoms with Crippen LogP contribution in [0.25, 0.3) is 6.08 Å². The Hall–Kier alpha value is -3.25. The van der Waals surface area contributed by atoms with E-state index in [1.165, 1.54) is 30.3 Å². The lowest BCUT2D eigenvalue weighted by atomic mass is 10.1. The van der Waals surface area contributed by atoms with Crippen LogP contribution in [0.2, 0.25) is 0 Å². The molecule has 4 nitrogen and oxygen atoms in total. The predicted molar refractivity (Wildman–Crippen MR) is 105 cm³/mol. The van der Waals surface area contributed by atoms with Crippen LogP contribution in [0, 0.1) is 5.82 Å². The maximum Gasteiger partial charge on any atom is 0.343 e. The van der Waals surface area contributed by atoms with Gasteiger partial charge in [0.25, 0.3) is 0 Å². The molecule has 0 radical (unpaired) electrons. The molecule has 3 aromatic carbocycles. The molecule has 0 atom stereocenters. The molecule has 0 amide bonds. The molecule has 0 aromatic heterocycles. The van der Waals surface area contributed by atoms with E-state index in [2.05, 4.69) is 15.9 Å². The van der Waals surface area contributed by atoms with Crippen LogP contribution in [0.5, 0.6) is 11.5 Å². The number of ether oxygens (including phenoxy) is 2. The number of hydrogen-bond donors (Lipinski definition) is 0. The lowest BCUT2D eigenvalue weighted by Crippen LogP contribution is -2.08. The maximum absolute atomic E-state index is 13.8. The number of rotatable bonds is 3. The third-order valence-corrected chi connectivity index (χ3v) is 4.65. The molecule has 0 spiro atoms. The van der Waals surface area contributed by atoms with Gasteiger partial charge in [0, 0.05) is 16.1 Å². The second kappa shape index (κ2) is 7.40. The Morgan fingerprint density at radius 2 is 1.79 bits per heavy atom. The summed E-state index contributed by atoms with van der Waals surface area (Å²) in [6, 6.07) is 17.3. The third kappa shape index (κ3) is 3.59. The van der Waals surface area contributed by atoms with Gasteiger partial charge in [0.1, 0.15) is 17.3 Å². The highest BCUT2D eigenvalue weighted by Gasteiger charge is 2.28. The minimum Gasteiger partial charge on any atom is -0.452 e. The van der Waals surface area contributed by atoms with E-state index in [1.54, 1.807) is 42.5 Å². The van der Waals surface area contributed by atoms with Crippen LogP contribution < -0.4 is 9.47 Å². The van der Waals surface area contributed by atoms with Crippen molar-refractivity contribution in [2.45, 2.75) is 0 Å². The van der Waals surface area contributed by atoms with Crippen molar-refractivity contribution in [2.75, 3.05) is 0 Å². The Morgan fingerprint density at radius 3 is 2.54 bits per heavy atom. The first-order chi connectivity index (χ1) is 13.5. The summed E-state index contributed by atoms with van der Waals surface area (Å²) in [6.07, 6.45) is 1.35. The molecular weight excluding hydrogens is 427 g/mol. The van der Waals surface area contributed by atoms with Crippen LogP contribution in [-0.4, -0.2) is 11.8 Å². The maximum atomic E-state index is 13.8. The number of Topliss-reactive ketones (excluding diaryl/α,β-unsaturated/α-hetero) is 1. The summed E-state index contributed by atoms with van der Waals surface area (Å²) >= 11 is 3.31. The number of carbonyl (C=O) groups is 2. The van der Waals surface area contributed by atoms with Crippen molar-refractivity contribution in [1.82, 2.24) is 0 Å². The van der Waals surface area contributed by atoms with Gasteiger partial charge in [-0.1, -0.05) is 34.1 Å². The van der Waals surface area contributed by atoms with Gasteiger partial charge in [0.05, 0.1) is 11.1 Å². The van der Waals surface area contributed by atoms with E-state index in [4.69, 9.17) is 9.47 Å². The molecule has 0 N–H and O–H groups in total. The monoisotopic (exact) mass is 438 g/mol. The van der Waals surface area contributed by atoms with Gasteiger partial charge in [-0.05, 0) is 48.5 Å². The van der Waals surface area contributed by atoms with E-state index in [1.807, 2.05) is 0 Å². The Morgan fingerprint density at radius 1 is 1.04 bits per heavy atom. The quantitative estimate of drug-likeness (QED) is 0.311. The van der Waals surface area contributed by atoms with E-state index in [0.29, 0.717) is 11.1 Å². The van der Waals surface area contributed by atoms with Crippen molar-refractivity contribution in [2.24, 2.45) is 0 Å². The molecule has 1 heterocycles. The molecule has 0 saturated heterocycles. The van der Waals surface area contributed by atoms with Gasteiger partial charge in [-0.3, -0.25) is 4.79 Å². The van der Waals surface area contributed by atoms with E-state index in [-0.39, 0.29) is 28.6 Å². The molecule has 0 bridgehead atoms. The number of ketones is 1. The summed E-state index contributed by atoms with van der Waals surface area (Å²) in [6.45, 7) is 0. The normalized spacial score (nSPS) is 13.9. The molecule has 0 aliphatic carbocycles. The van der Waals surface area contributed by atoms with Gasteiger partial charge in [-0.2, -0.15) is 0 Å².